The van der Waals surface area contributed by atoms with Crippen molar-refractivity contribution in [3.05, 3.63) is 0 Å². The van der Waals surface area contributed by atoms with Crippen LogP contribution >= 0.6 is 24.0 Å². The zero-order valence-corrected chi connectivity index (χ0v) is 14.2. The summed E-state index contributed by atoms with van der Waals surface area (Å²) in [4.78, 5) is 15.5. The molecule has 0 aliphatic carbocycles. The van der Waals surface area contributed by atoms with Gasteiger partial charge < -0.3 is 16.4 Å². The monoisotopic (exact) mass is 370 g/mol. The van der Waals surface area contributed by atoms with Gasteiger partial charge >= 0.3 is 0 Å². The van der Waals surface area contributed by atoms with Crippen molar-refractivity contribution in [1.29, 1.82) is 0 Å². The molecule has 6 heteroatoms. The third kappa shape index (κ3) is 8.54. The fourth-order valence-electron chi connectivity index (χ4n) is 1.08. The average Bonchev–Trinajstić information content (AvgIpc) is 2.26. The SMILES string of the molecule is CCCCNC(=NCC(C)(C)C(N)=O)NCC.I. The number of rotatable bonds is 7. The van der Waals surface area contributed by atoms with Gasteiger partial charge in [-0.05, 0) is 27.2 Å². The van der Waals surface area contributed by atoms with E-state index in [1.54, 1.807) is 13.8 Å². The van der Waals surface area contributed by atoms with E-state index in [1.807, 2.05) is 6.92 Å². The maximum atomic E-state index is 11.2. The van der Waals surface area contributed by atoms with Crippen molar-refractivity contribution in [2.75, 3.05) is 19.6 Å². The number of carbonyl (C=O) groups is 1. The number of halogens is 1. The molecule has 18 heavy (non-hydrogen) atoms. The van der Waals surface area contributed by atoms with Crippen molar-refractivity contribution in [3.63, 3.8) is 0 Å². The molecule has 5 nitrogen and oxygen atoms in total. The van der Waals surface area contributed by atoms with Gasteiger partial charge in [0.2, 0.25) is 5.91 Å². The van der Waals surface area contributed by atoms with Crippen LogP contribution in [-0.4, -0.2) is 31.5 Å². The van der Waals surface area contributed by atoms with Crippen LogP contribution in [0, 0.1) is 5.41 Å². The summed E-state index contributed by atoms with van der Waals surface area (Å²) in [5.74, 6) is 0.418. The average molecular weight is 370 g/mol. The Bertz CT molecular complexity index is 267. The Kier molecular flexibility index (Phi) is 11.4. The molecular formula is C12H27IN4O. The number of amides is 1. The standard InChI is InChI=1S/C12H26N4O.HI/c1-5-7-8-15-11(14-6-2)16-9-12(3,4)10(13)17;/h5-9H2,1-4H3,(H2,13,17)(H2,14,15,16);1H. The van der Waals surface area contributed by atoms with Gasteiger partial charge in [0.25, 0.3) is 0 Å². The molecule has 0 heterocycles. The number of unbranched alkanes of at least 4 members (excludes halogenated alkanes) is 1. The van der Waals surface area contributed by atoms with Crippen LogP contribution in [0.15, 0.2) is 4.99 Å². The lowest BCUT2D eigenvalue weighted by Crippen LogP contribution is -2.40. The largest absolute Gasteiger partial charge is 0.369 e. The van der Waals surface area contributed by atoms with Crippen LogP contribution in [0.25, 0.3) is 0 Å². The van der Waals surface area contributed by atoms with Gasteiger partial charge in [-0.15, -0.1) is 24.0 Å². The second-order valence-corrected chi connectivity index (χ2v) is 4.72. The van der Waals surface area contributed by atoms with Gasteiger partial charge in [-0.25, -0.2) is 0 Å². The lowest BCUT2D eigenvalue weighted by Gasteiger charge is -2.19. The molecule has 0 saturated heterocycles. The molecule has 0 bridgehead atoms. The Balaban J connectivity index is 0. The number of hydrogen-bond acceptors (Lipinski definition) is 2. The van der Waals surface area contributed by atoms with E-state index in [2.05, 4.69) is 22.5 Å². The van der Waals surface area contributed by atoms with Gasteiger partial charge in [-0.2, -0.15) is 0 Å². The van der Waals surface area contributed by atoms with Crippen LogP contribution in [0.5, 0.6) is 0 Å². The molecule has 0 aliphatic heterocycles. The molecule has 0 atom stereocenters. The number of hydrogen-bond donors (Lipinski definition) is 3. The van der Waals surface area contributed by atoms with Crippen molar-refractivity contribution >= 4 is 35.8 Å². The number of aliphatic imine (C=N–C) groups is 1. The zero-order chi connectivity index (χ0) is 13.3. The van der Waals surface area contributed by atoms with Gasteiger partial charge in [0.05, 0.1) is 12.0 Å². The van der Waals surface area contributed by atoms with E-state index in [0.29, 0.717) is 6.54 Å². The fraction of sp³-hybridized carbons (Fsp3) is 0.833. The van der Waals surface area contributed by atoms with Gasteiger partial charge in [0.15, 0.2) is 5.96 Å². The third-order valence-electron chi connectivity index (χ3n) is 2.47. The van der Waals surface area contributed by atoms with Crippen molar-refractivity contribution in [3.8, 4) is 0 Å². The Labute approximate surface area is 127 Å². The van der Waals surface area contributed by atoms with Gasteiger partial charge in [-0.1, -0.05) is 13.3 Å². The topological polar surface area (TPSA) is 79.5 Å². The zero-order valence-electron chi connectivity index (χ0n) is 11.9. The van der Waals surface area contributed by atoms with Crippen molar-refractivity contribution in [2.45, 2.75) is 40.5 Å². The Hall–Kier alpha value is -0.530. The minimum absolute atomic E-state index is 0. The van der Waals surface area contributed by atoms with Crippen molar-refractivity contribution in [2.24, 2.45) is 16.1 Å². The summed E-state index contributed by atoms with van der Waals surface area (Å²) in [5, 5.41) is 6.36. The van der Waals surface area contributed by atoms with Crippen LogP contribution in [0.3, 0.4) is 0 Å². The maximum absolute atomic E-state index is 11.2. The van der Waals surface area contributed by atoms with E-state index in [9.17, 15) is 4.79 Å². The molecular weight excluding hydrogens is 343 g/mol. The molecule has 0 unspecified atom stereocenters. The van der Waals surface area contributed by atoms with E-state index < -0.39 is 5.41 Å². The summed E-state index contributed by atoms with van der Waals surface area (Å²) in [6.45, 7) is 9.83. The van der Waals surface area contributed by atoms with E-state index in [1.165, 1.54) is 0 Å². The molecule has 0 spiro atoms. The smallest absolute Gasteiger partial charge is 0.224 e. The first-order valence-electron chi connectivity index (χ1n) is 6.26. The van der Waals surface area contributed by atoms with Crippen LogP contribution in [-0.2, 0) is 4.79 Å². The van der Waals surface area contributed by atoms with Crippen LogP contribution < -0.4 is 16.4 Å². The van der Waals surface area contributed by atoms with Crippen LogP contribution in [0.4, 0.5) is 0 Å². The molecule has 0 fully saturated rings. The lowest BCUT2D eigenvalue weighted by atomic mass is 9.93. The Morgan fingerprint density at radius 2 is 1.89 bits per heavy atom. The molecule has 0 radical (unpaired) electrons. The number of nitrogens with zero attached hydrogens (tertiary/aromatic N) is 1. The summed E-state index contributed by atoms with van der Waals surface area (Å²) >= 11 is 0. The first kappa shape index (κ1) is 19.8. The third-order valence-corrected chi connectivity index (χ3v) is 2.47. The Morgan fingerprint density at radius 3 is 2.33 bits per heavy atom. The molecule has 0 aromatic heterocycles. The fourth-order valence-corrected chi connectivity index (χ4v) is 1.08. The summed E-state index contributed by atoms with van der Waals surface area (Å²) in [7, 11) is 0. The summed E-state index contributed by atoms with van der Waals surface area (Å²) in [6, 6.07) is 0. The Morgan fingerprint density at radius 1 is 1.28 bits per heavy atom. The quantitative estimate of drug-likeness (QED) is 0.275. The molecule has 0 saturated carbocycles. The number of primary amides is 1. The van der Waals surface area contributed by atoms with E-state index >= 15 is 0 Å². The molecule has 108 valence electrons. The first-order valence-corrected chi connectivity index (χ1v) is 6.26. The highest BCUT2D eigenvalue weighted by molar-refractivity contribution is 14.0. The second kappa shape index (κ2) is 10.4. The van der Waals surface area contributed by atoms with Gasteiger partial charge in [0.1, 0.15) is 0 Å². The van der Waals surface area contributed by atoms with Gasteiger partial charge in [-0.3, -0.25) is 9.79 Å². The first-order chi connectivity index (χ1) is 7.94. The van der Waals surface area contributed by atoms with Gasteiger partial charge in [0, 0.05) is 13.1 Å². The highest BCUT2D eigenvalue weighted by Crippen LogP contribution is 2.13. The predicted octanol–water partition coefficient (Wildman–Crippen LogP) is 1.47. The highest BCUT2D eigenvalue weighted by Gasteiger charge is 2.24. The number of nitrogens with one attached hydrogen (secondary N) is 2. The number of nitrogens with two attached hydrogens (primary N) is 1. The normalized spacial score (nSPS) is 11.7. The molecule has 0 aromatic rings. The summed E-state index contributed by atoms with van der Waals surface area (Å²) in [5.41, 5.74) is 4.70. The van der Waals surface area contributed by atoms with Crippen LogP contribution in [0.2, 0.25) is 0 Å². The molecule has 4 N–H and O–H groups in total. The maximum Gasteiger partial charge on any atom is 0.224 e. The minimum Gasteiger partial charge on any atom is -0.369 e. The molecule has 0 aliphatic rings. The van der Waals surface area contributed by atoms with Crippen molar-refractivity contribution in [1.82, 2.24) is 10.6 Å². The summed E-state index contributed by atoms with van der Waals surface area (Å²) in [6.07, 6.45) is 2.24. The highest BCUT2D eigenvalue weighted by atomic mass is 127. The lowest BCUT2D eigenvalue weighted by molar-refractivity contribution is -0.125. The molecule has 0 rings (SSSR count). The predicted molar refractivity (Wildman–Crippen MR) is 87.3 cm³/mol. The van der Waals surface area contributed by atoms with Crippen LogP contribution in [0.1, 0.15) is 40.5 Å². The summed E-state index contributed by atoms with van der Waals surface area (Å²) < 4.78 is 0. The van der Waals surface area contributed by atoms with E-state index in [-0.39, 0.29) is 29.9 Å². The minimum atomic E-state index is -0.604. The van der Waals surface area contributed by atoms with Crippen molar-refractivity contribution < 1.29 is 4.79 Å². The molecule has 1 amide bonds. The number of carbonyl (C=O) groups excluding carboxylic acids is 1. The molecule has 0 aromatic carbocycles. The van der Waals surface area contributed by atoms with E-state index in [4.69, 9.17) is 5.73 Å². The van der Waals surface area contributed by atoms with E-state index in [0.717, 1.165) is 31.9 Å². The second-order valence-electron chi connectivity index (χ2n) is 4.72. The number of guanidine groups is 1.